The van der Waals surface area contributed by atoms with E-state index in [2.05, 4.69) is 24.1 Å². The predicted molar refractivity (Wildman–Crippen MR) is 62.7 cm³/mol. The summed E-state index contributed by atoms with van der Waals surface area (Å²) in [6.45, 7) is 9.32. The Labute approximate surface area is 93.2 Å². The minimum atomic E-state index is 0.0454. The lowest BCUT2D eigenvalue weighted by atomic mass is 9.98. The van der Waals surface area contributed by atoms with E-state index < -0.39 is 0 Å². The van der Waals surface area contributed by atoms with Crippen LogP contribution in [0.1, 0.15) is 40.0 Å². The summed E-state index contributed by atoms with van der Waals surface area (Å²) in [4.78, 5) is 14.0. The zero-order valence-corrected chi connectivity index (χ0v) is 10.3. The average molecular weight is 212 g/mol. The molecular weight excluding hydrogens is 188 g/mol. The van der Waals surface area contributed by atoms with Gasteiger partial charge in [0.05, 0.1) is 6.04 Å². The summed E-state index contributed by atoms with van der Waals surface area (Å²) >= 11 is 0. The van der Waals surface area contributed by atoms with Crippen molar-refractivity contribution in [2.45, 2.75) is 46.1 Å². The largest absolute Gasteiger partial charge is 0.355 e. The zero-order valence-electron chi connectivity index (χ0n) is 10.3. The van der Waals surface area contributed by atoms with Gasteiger partial charge in [0.25, 0.3) is 0 Å². The maximum absolute atomic E-state index is 11.7. The molecule has 1 amide bonds. The number of nitrogens with one attached hydrogen (secondary N) is 1. The Kier molecular flexibility index (Phi) is 5.09. The fraction of sp³-hybridized carbons (Fsp3) is 0.917. The van der Waals surface area contributed by atoms with Crippen LogP contribution < -0.4 is 5.32 Å². The van der Waals surface area contributed by atoms with Crippen LogP contribution in [0.15, 0.2) is 0 Å². The Hall–Kier alpha value is -0.570. The van der Waals surface area contributed by atoms with Crippen molar-refractivity contribution in [3.8, 4) is 0 Å². The molecule has 1 aliphatic rings. The quantitative estimate of drug-likeness (QED) is 0.768. The summed E-state index contributed by atoms with van der Waals surface area (Å²) in [6, 6.07) is 0.0454. The highest BCUT2D eigenvalue weighted by molar-refractivity contribution is 5.81. The molecule has 0 aliphatic carbocycles. The second-order valence-corrected chi connectivity index (χ2v) is 4.69. The van der Waals surface area contributed by atoms with Crippen LogP contribution in [0.5, 0.6) is 0 Å². The summed E-state index contributed by atoms with van der Waals surface area (Å²) < 4.78 is 0. The van der Waals surface area contributed by atoms with Gasteiger partial charge in [0.1, 0.15) is 0 Å². The van der Waals surface area contributed by atoms with Crippen molar-refractivity contribution in [3.63, 3.8) is 0 Å². The summed E-state index contributed by atoms with van der Waals surface area (Å²) in [5.74, 6) is 1.01. The first-order chi connectivity index (χ1) is 7.15. The molecule has 1 N–H and O–H groups in total. The molecular formula is C12H24N2O. The molecule has 0 aromatic rings. The van der Waals surface area contributed by atoms with Gasteiger partial charge in [-0.05, 0) is 45.2 Å². The first-order valence-electron chi connectivity index (χ1n) is 6.17. The van der Waals surface area contributed by atoms with Gasteiger partial charge in [0.2, 0.25) is 5.91 Å². The number of hydrogen-bond donors (Lipinski definition) is 1. The molecule has 0 aromatic carbocycles. The maximum Gasteiger partial charge on any atom is 0.237 e. The number of nitrogens with zero attached hydrogens (tertiary/aromatic N) is 1. The Balaban J connectivity index is 2.32. The molecule has 1 atom stereocenters. The van der Waals surface area contributed by atoms with E-state index in [4.69, 9.17) is 0 Å². The van der Waals surface area contributed by atoms with Gasteiger partial charge in [-0.3, -0.25) is 9.69 Å². The first-order valence-corrected chi connectivity index (χ1v) is 6.17. The van der Waals surface area contributed by atoms with Gasteiger partial charge < -0.3 is 5.32 Å². The maximum atomic E-state index is 11.7. The van der Waals surface area contributed by atoms with Crippen molar-refractivity contribution in [2.24, 2.45) is 5.92 Å². The highest BCUT2D eigenvalue weighted by Gasteiger charge is 2.24. The molecule has 88 valence electrons. The van der Waals surface area contributed by atoms with Crippen molar-refractivity contribution in [3.05, 3.63) is 0 Å². The summed E-state index contributed by atoms with van der Waals surface area (Å²) in [5, 5.41) is 2.96. The molecule has 0 aromatic heterocycles. The van der Waals surface area contributed by atoms with E-state index in [9.17, 15) is 4.79 Å². The van der Waals surface area contributed by atoms with Crippen LogP contribution in [0.3, 0.4) is 0 Å². The van der Waals surface area contributed by atoms with Gasteiger partial charge in [-0.15, -0.1) is 0 Å². The monoisotopic (exact) mass is 212 g/mol. The summed E-state index contributed by atoms with van der Waals surface area (Å²) in [6.07, 6.45) is 3.46. The number of likely N-dealkylation sites (tertiary alicyclic amines) is 1. The fourth-order valence-corrected chi connectivity index (χ4v) is 1.98. The number of amides is 1. The molecule has 1 rings (SSSR count). The van der Waals surface area contributed by atoms with Gasteiger partial charge in [-0.1, -0.05) is 13.8 Å². The topological polar surface area (TPSA) is 32.3 Å². The molecule has 1 fully saturated rings. The Bertz CT molecular complexity index is 198. The number of carbonyl (C=O) groups is 1. The number of piperidine rings is 1. The van der Waals surface area contributed by atoms with Crippen molar-refractivity contribution in [1.29, 1.82) is 0 Å². The number of carbonyl (C=O) groups excluding carboxylic acids is 1. The molecule has 0 bridgehead atoms. The third kappa shape index (κ3) is 3.82. The third-order valence-electron chi connectivity index (χ3n) is 3.29. The second kappa shape index (κ2) is 6.11. The molecule has 0 spiro atoms. The van der Waals surface area contributed by atoms with E-state index in [0.717, 1.165) is 32.0 Å². The predicted octanol–water partition coefficient (Wildman–Crippen LogP) is 1.63. The van der Waals surface area contributed by atoms with Crippen molar-refractivity contribution in [2.75, 3.05) is 19.6 Å². The van der Waals surface area contributed by atoms with Crippen molar-refractivity contribution in [1.82, 2.24) is 10.2 Å². The molecule has 3 heteroatoms. The van der Waals surface area contributed by atoms with Gasteiger partial charge in [-0.25, -0.2) is 0 Å². The van der Waals surface area contributed by atoms with Crippen LogP contribution in [0.4, 0.5) is 0 Å². The van der Waals surface area contributed by atoms with Gasteiger partial charge >= 0.3 is 0 Å². The van der Waals surface area contributed by atoms with E-state index in [1.165, 1.54) is 12.8 Å². The van der Waals surface area contributed by atoms with Crippen molar-refractivity contribution >= 4 is 5.91 Å². The Morgan fingerprint density at radius 2 is 2.07 bits per heavy atom. The van der Waals surface area contributed by atoms with E-state index >= 15 is 0 Å². The lowest BCUT2D eigenvalue weighted by Gasteiger charge is -2.34. The molecule has 0 radical (unpaired) electrons. The molecule has 1 aliphatic heterocycles. The molecule has 1 saturated heterocycles. The van der Waals surface area contributed by atoms with Gasteiger partial charge in [0, 0.05) is 6.54 Å². The standard InChI is InChI=1S/C12H24N2O/c1-4-7-13-12(15)11(3)14-8-5-10(2)6-9-14/h10-11H,4-9H2,1-3H3,(H,13,15). The normalized spacial score (nSPS) is 21.3. The lowest BCUT2D eigenvalue weighted by molar-refractivity contribution is -0.126. The van der Waals surface area contributed by atoms with Crippen LogP contribution in [-0.4, -0.2) is 36.5 Å². The third-order valence-corrected chi connectivity index (χ3v) is 3.29. The number of rotatable bonds is 4. The molecule has 15 heavy (non-hydrogen) atoms. The lowest BCUT2D eigenvalue weighted by Crippen LogP contribution is -2.48. The summed E-state index contributed by atoms with van der Waals surface area (Å²) in [5.41, 5.74) is 0. The second-order valence-electron chi connectivity index (χ2n) is 4.69. The molecule has 3 nitrogen and oxygen atoms in total. The van der Waals surface area contributed by atoms with Crippen molar-refractivity contribution < 1.29 is 4.79 Å². The van der Waals surface area contributed by atoms with E-state index in [1.54, 1.807) is 0 Å². The smallest absolute Gasteiger partial charge is 0.237 e. The highest BCUT2D eigenvalue weighted by Crippen LogP contribution is 2.17. The fourth-order valence-electron chi connectivity index (χ4n) is 1.98. The minimum Gasteiger partial charge on any atom is -0.355 e. The minimum absolute atomic E-state index is 0.0454. The average Bonchev–Trinajstić information content (AvgIpc) is 2.26. The molecule has 1 heterocycles. The molecule has 0 saturated carbocycles. The SMILES string of the molecule is CCCNC(=O)C(C)N1CCC(C)CC1. The highest BCUT2D eigenvalue weighted by atomic mass is 16.2. The van der Waals surface area contributed by atoms with Crippen LogP contribution in [0, 0.1) is 5.92 Å². The first kappa shape index (κ1) is 12.5. The van der Waals surface area contributed by atoms with Crippen LogP contribution >= 0.6 is 0 Å². The van der Waals surface area contributed by atoms with Crippen LogP contribution in [0.25, 0.3) is 0 Å². The van der Waals surface area contributed by atoms with E-state index in [0.29, 0.717) is 0 Å². The van der Waals surface area contributed by atoms with E-state index in [-0.39, 0.29) is 11.9 Å². The van der Waals surface area contributed by atoms with Crippen LogP contribution in [0.2, 0.25) is 0 Å². The van der Waals surface area contributed by atoms with Gasteiger partial charge in [0.15, 0.2) is 0 Å². The molecule has 1 unspecified atom stereocenters. The Morgan fingerprint density at radius 3 is 2.60 bits per heavy atom. The number of hydrogen-bond acceptors (Lipinski definition) is 2. The zero-order chi connectivity index (χ0) is 11.3. The Morgan fingerprint density at radius 1 is 1.47 bits per heavy atom. The van der Waals surface area contributed by atoms with E-state index in [1.807, 2.05) is 6.92 Å². The van der Waals surface area contributed by atoms with Crippen LogP contribution in [-0.2, 0) is 4.79 Å². The van der Waals surface area contributed by atoms with Gasteiger partial charge in [-0.2, -0.15) is 0 Å². The summed E-state index contributed by atoms with van der Waals surface area (Å²) in [7, 11) is 0.